The standard InChI is InChI=1S/C5H10PTe/c1-5(2,3)4(6)7/h6H,1-3H3. The molecular formula is C5H10PTe. The van der Waals surface area contributed by atoms with E-state index in [-0.39, 0.29) is 0 Å². The Bertz CT molecular complexity index is 80.6. The average molecular weight is 229 g/mol. The Labute approximate surface area is 60.8 Å². The molecule has 0 heterocycles. The molecule has 0 aromatic heterocycles. The number of hydrogen-bond acceptors (Lipinski definition) is 0. The summed E-state index contributed by atoms with van der Waals surface area (Å²) in [4.78, 5) is 0. The molecule has 0 N–H and O–H groups in total. The Morgan fingerprint density at radius 3 is 1.57 bits per heavy atom. The van der Waals surface area contributed by atoms with E-state index in [2.05, 4.69) is 29.6 Å². The summed E-state index contributed by atoms with van der Waals surface area (Å²) in [5, 5.41) is 0. The van der Waals surface area contributed by atoms with E-state index in [0.29, 0.717) is 5.41 Å². The molecule has 0 aliphatic rings. The van der Waals surface area contributed by atoms with Gasteiger partial charge in [0.2, 0.25) is 0 Å². The first-order valence-electron chi connectivity index (χ1n) is 2.20. The molecule has 0 aromatic rings. The maximum atomic E-state index is 3.46. The first-order valence-corrected chi connectivity index (χ1v) is 3.87. The Morgan fingerprint density at radius 1 is 1.43 bits per heavy atom. The van der Waals surface area contributed by atoms with Crippen LogP contribution in [0.25, 0.3) is 0 Å². The van der Waals surface area contributed by atoms with Crippen LogP contribution in [-0.4, -0.2) is 25.6 Å². The average Bonchev–Trinajstić information content (AvgIpc) is 1.31. The summed E-state index contributed by atoms with van der Waals surface area (Å²) in [6, 6.07) is 0. The van der Waals surface area contributed by atoms with Crippen LogP contribution in [-0.2, 0) is 0 Å². The van der Waals surface area contributed by atoms with Crippen LogP contribution in [0.3, 0.4) is 0 Å². The van der Waals surface area contributed by atoms with Crippen molar-refractivity contribution in [3.8, 4) is 0 Å². The molecule has 0 saturated heterocycles. The fraction of sp³-hybridized carbons (Fsp3) is 0.800. The fourth-order valence-corrected chi connectivity index (χ4v) is 0. The molecule has 7 heavy (non-hydrogen) atoms. The van der Waals surface area contributed by atoms with Crippen molar-refractivity contribution < 1.29 is 0 Å². The van der Waals surface area contributed by atoms with Gasteiger partial charge in [-0.25, -0.2) is 0 Å². The SMILES string of the molecule is CC(C)(C)C(=P)[Te]. The van der Waals surface area contributed by atoms with Crippen LogP contribution in [0, 0.1) is 5.41 Å². The van der Waals surface area contributed by atoms with Crippen molar-refractivity contribution >= 4 is 34.5 Å². The topological polar surface area (TPSA) is 0 Å². The molecule has 0 unspecified atom stereocenters. The van der Waals surface area contributed by atoms with Crippen LogP contribution in [0.2, 0.25) is 0 Å². The van der Waals surface area contributed by atoms with Gasteiger partial charge in [-0.1, -0.05) is 0 Å². The zero-order valence-electron chi connectivity index (χ0n) is 4.91. The minimum atomic E-state index is 0.335. The van der Waals surface area contributed by atoms with Crippen molar-refractivity contribution in [2.75, 3.05) is 0 Å². The van der Waals surface area contributed by atoms with E-state index in [1.807, 2.05) is 22.3 Å². The molecule has 0 aliphatic carbocycles. The van der Waals surface area contributed by atoms with E-state index in [1.54, 1.807) is 0 Å². The molecular weight excluding hydrogens is 219 g/mol. The zero-order valence-corrected chi connectivity index (χ0v) is 8.24. The molecule has 0 fully saturated rings. The number of rotatable bonds is 0. The molecule has 41 valence electrons. The molecule has 0 bridgehead atoms. The number of hydrogen-bond donors (Lipinski definition) is 0. The van der Waals surface area contributed by atoms with Gasteiger partial charge < -0.3 is 0 Å². The van der Waals surface area contributed by atoms with Crippen LogP contribution in [0.4, 0.5) is 0 Å². The van der Waals surface area contributed by atoms with Crippen molar-refractivity contribution in [3.05, 3.63) is 0 Å². The van der Waals surface area contributed by atoms with Crippen molar-refractivity contribution in [1.29, 1.82) is 0 Å². The van der Waals surface area contributed by atoms with Gasteiger partial charge in [0, 0.05) is 0 Å². The maximum absolute atomic E-state index is 3.46. The predicted molar refractivity (Wildman–Crippen MR) is 38.5 cm³/mol. The molecule has 0 aromatic carbocycles. The van der Waals surface area contributed by atoms with Gasteiger partial charge in [0.25, 0.3) is 0 Å². The van der Waals surface area contributed by atoms with Gasteiger partial charge in [0.05, 0.1) is 0 Å². The third kappa shape index (κ3) is 3.53. The Kier molecular flexibility index (Phi) is 2.83. The summed E-state index contributed by atoms with van der Waals surface area (Å²) in [6.07, 6.45) is 0. The van der Waals surface area contributed by atoms with Crippen LogP contribution < -0.4 is 0 Å². The molecule has 0 aliphatic heterocycles. The molecule has 0 spiro atoms. The summed E-state index contributed by atoms with van der Waals surface area (Å²) in [5.74, 6) is 0. The van der Waals surface area contributed by atoms with Crippen LogP contribution in [0.5, 0.6) is 0 Å². The van der Waals surface area contributed by atoms with Crippen LogP contribution in [0.1, 0.15) is 20.8 Å². The molecule has 0 atom stereocenters. The van der Waals surface area contributed by atoms with Gasteiger partial charge in [-0.15, -0.1) is 0 Å². The second-order valence-corrected chi connectivity index (χ2v) is 5.36. The normalized spacial score (nSPS) is 11.4. The first-order chi connectivity index (χ1) is 2.94. The van der Waals surface area contributed by atoms with Crippen molar-refractivity contribution in [2.45, 2.75) is 20.8 Å². The summed E-state index contributed by atoms with van der Waals surface area (Å²) < 4.78 is 1.31. The van der Waals surface area contributed by atoms with E-state index >= 15 is 0 Å². The van der Waals surface area contributed by atoms with E-state index < -0.39 is 0 Å². The summed E-state index contributed by atoms with van der Waals surface area (Å²) in [5.41, 5.74) is 0.335. The van der Waals surface area contributed by atoms with Gasteiger partial charge in [0.1, 0.15) is 0 Å². The van der Waals surface area contributed by atoms with Crippen molar-refractivity contribution in [1.82, 2.24) is 0 Å². The zero-order chi connectivity index (χ0) is 6.08. The van der Waals surface area contributed by atoms with E-state index in [1.165, 1.54) is 3.34 Å². The van der Waals surface area contributed by atoms with Crippen molar-refractivity contribution in [2.24, 2.45) is 5.41 Å². The molecule has 0 saturated carbocycles. The quantitative estimate of drug-likeness (QED) is 0.435. The molecule has 0 amide bonds. The predicted octanol–water partition coefficient (Wildman–Crippen LogP) is 1.47. The first kappa shape index (κ1) is 7.96. The molecule has 0 rings (SSSR count). The molecule has 0 nitrogen and oxygen atoms in total. The Hall–Kier alpha value is 0.960. The minimum absolute atomic E-state index is 0.335. The van der Waals surface area contributed by atoms with Crippen LogP contribution >= 0.6 is 8.86 Å². The van der Waals surface area contributed by atoms with Crippen molar-refractivity contribution in [3.63, 3.8) is 0 Å². The van der Waals surface area contributed by atoms with Crippen LogP contribution in [0.15, 0.2) is 0 Å². The van der Waals surface area contributed by atoms with E-state index in [4.69, 9.17) is 0 Å². The van der Waals surface area contributed by atoms with Gasteiger partial charge in [-0.2, -0.15) is 0 Å². The van der Waals surface area contributed by atoms with Gasteiger partial charge in [-0.3, -0.25) is 0 Å². The van der Waals surface area contributed by atoms with Gasteiger partial charge in [0.15, 0.2) is 0 Å². The fourth-order valence-electron chi connectivity index (χ4n) is 0. The Morgan fingerprint density at radius 2 is 1.57 bits per heavy atom. The Balaban J connectivity index is 3.79. The summed E-state index contributed by atoms with van der Waals surface area (Å²) in [6.45, 7) is 6.54. The molecule has 1 radical (unpaired) electrons. The van der Waals surface area contributed by atoms with Gasteiger partial charge in [-0.05, 0) is 0 Å². The monoisotopic (exact) mass is 231 g/mol. The molecule has 2 heteroatoms. The summed E-state index contributed by atoms with van der Waals surface area (Å²) >= 11 is 2.01. The summed E-state index contributed by atoms with van der Waals surface area (Å²) in [7, 11) is 3.46. The second kappa shape index (κ2) is 2.49. The van der Waals surface area contributed by atoms with Gasteiger partial charge >= 0.3 is 60.7 Å². The third-order valence-corrected chi connectivity index (χ3v) is 3.18. The van der Waals surface area contributed by atoms with E-state index in [0.717, 1.165) is 0 Å². The second-order valence-electron chi connectivity index (χ2n) is 2.58. The van der Waals surface area contributed by atoms with E-state index in [9.17, 15) is 0 Å². The third-order valence-electron chi connectivity index (χ3n) is 0.681.